The van der Waals surface area contributed by atoms with Crippen LogP contribution in [0.15, 0.2) is 24.3 Å². The minimum atomic E-state index is -3.46. The predicted octanol–water partition coefficient (Wildman–Crippen LogP) is 0.465. The Kier molecular flexibility index (Phi) is 4.85. The summed E-state index contributed by atoms with van der Waals surface area (Å²) in [6, 6.07) is 5.85. The summed E-state index contributed by atoms with van der Waals surface area (Å²) in [4.78, 5) is 0. The molecule has 1 rings (SSSR count). The lowest BCUT2D eigenvalue weighted by molar-refractivity contribution is 0.573. The van der Waals surface area contributed by atoms with Crippen LogP contribution in [-0.2, 0) is 15.8 Å². The minimum Gasteiger partial charge on any atom is -0.318 e. The van der Waals surface area contributed by atoms with Crippen LogP contribution in [0.5, 0.6) is 0 Å². The van der Waals surface area contributed by atoms with Crippen molar-refractivity contribution in [3.63, 3.8) is 0 Å². The number of rotatable bonds is 6. The summed E-state index contributed by atoms with van der Waals surface area (Å²) in [6.45, 7) is 0.837. The standard InChI is InChI=1S/C10H15FN2O2S/c1-12-6-7-13-16(14,15)8-9-4-2-3-5-10(9)11/h2-5,12-13H,6-8H2,1H3. The van der Waals surface area contributed by atoms with Crippen LogP contribution in [0.4, 0.5) is 4.39 Å². The first-order valence-corrected chi connectivity index (χ1v) is 6.56. The van der Waals surface area contributed by atoms with Crippen molar-refractivity contribution in [2.45, 2.75) is 5.75 Å². The average Bonchev–Trinajstić information content (AvgIpc) is 2.21. The van der Waals surface area contributed by atoms with Gasteiger partial charge in [-0.3, -0.25) is 0 Å². The van der Waals surface area contributed by atoms with Crippen LogP contribution < -0.4 is 10.0 Å². The highest BCUT2D eigenvalue weighted by atomic mass is 32.2. The van der Waals surface area contributed by atoms with Gasteiger partial charge < -0.3 is 5.32 Å². The van der Waals surface area contributed by atoms with E-state index in [1.807, 2.05) is 0 Å². The first kappa shape index (κ1) is 13.1. The van der Waals surface area contributed by atoms with E-state index in [2.05, 4.69) is 10.0 Å². The fourth-order valence-corrected chi connectivity index (χ4v) is 2.36. The lowest BCUT2D eigenvalue weighted by Gasteiger charge is -2.06. The van der Waals surface area contributed by atoms with Gasteiger partial charge in [0.15, 0.2) is 0 Å². The van der Waals surface area contributed by atoms with Gasteiger partial charge in [-0.15, -0.1) is 0 Å². The quantitative estimate of drug-likeness (QED) is 0.717. The second-order valence-corrected chi connectivity index (χ2v) is 5.16. The van der Waals surface area contributed by atoms with Gasteiger partial charge in [-0.1, -0.05) is 18.2 Å². The molecule has 16 heavy (non-hydrogen) atoms. The van der Waals surface area contributed by atoms with Crippen molar-refractivity contribution in [1.82, 2.24) is 10.0 Å². The van der Waals surface area contributed by atoms with Gasteiger partial charge in [0.1, 0.15) is 5.82 Å². The van der Waals surface area contributed by atoms with Crippen LogP contribution in [0.25, 0.3) is 0 Å². The van der Waals surface area contributed by atoms with Crippen molar-refractivity contribution in [2.75, 3.05) is 20.1 Å². The number of hydrogen-bond acceptors (Lipinski definition) is 3. The molecular weight excluding hydrogens is 231 g/mol. The third kappa shape index (κ3) is 4.26. The van der Waals surface area contributed by atoms with Gasteiger partial charge in [-0.25, -0.2) is 17.5 Å². The third-order valence-corrected chi connectivity index (χ3v) is 3.34. The fourth-order valence-electron chi connectivity index (χ4n) is 1.20. The van der Waals surface area contributed by atoms with Gasteiger partial charge in [0, 0.05) is 18.7 Å². The smallest absolute Gasteiger partial charge is 0.215 e. The average molecular weight is 246 g/mol. The third-order valence-electron chi connectivity index (χ3n) is 2.00. The largest absolute Gasteiger partial charge is 0.318 e. The molecule has 0 atom stereocenters. The van der Waals surface area contributed by atoms with E-state index < -0.39 is 15.8 Å². The lowest BCUT2D eigenvalue weighted by Crippen LogP contribution is -2.31. The predicted molar refractivity (Wildman–Crippen MR) is 61.0 cm³/mol. The van der Waals surface area contributed by atoms with E-state index in [0.29, 0.717) is 13.1 Å². The minimum absolute atomic E-state index is 0.180. The Morgan fingerprint density at radius 2 is 1.94 bits per heavy atom. The lowest BCUT2D eigenvalue weighted by atomic mass is 10.2. The van der Waals surface area contributed by atoms with Crippen LogP contribution in [0.2, 0.25) is 0 Å². The fraction of sp³-hybridized carbons (Fsp3) is 0.400. The summed E-state index contributed by atoms with van der Waals surface area (Å²) in [5.74, 6) is -0.829. The highest BCUT2D eigenvalue weighted by Gasteiger charge is 2.13. The van der Waals surface area contributed by atoms with Gasteiger partial charge >= 0.3 is 0 Å². The molecule has 0 heterocycles. The number of nitrogens with one attached hydrogen (secondary N) is 2. The molecular formula is C10H15FN2O2S. The number of sulfonamides is 1. The number of likely N-dealkylation sites (N-methyl/N-ethyl adjacent to an activating group) is 1. The molecule has 90 valence electrons. The van der Waals surface area contributed by atoms with Crippen LogP contribution in [0.1, 0.15) is 5.56 Å². The van der Waals surface area contributed by atoms with Gasteiger partial charge in [-0.05, 0) is 13.1 Å². The van der Waals surface area contributed by atoms with E-state index in [4.69, 9.17) is 0 Å². The van der Waals surface area contributed by atoms with E-state index in [0.717, 1.165) is 0 Å². The van der Waals surface area contributed by atoms with E-state index in [1.54, 1.807) is 13.1 Å². The molecule has 0 spiro atoms. The Labute approximate surface area is 94.9 Å². The summed E-state index contributed by atoms with van der Waals surface area (Å²) in [6.07, 6.45) is 0. The molecule has 6 heteroatoms. The molecule has 0 aliphatic rings. The topological polar surface area (TPSA) is 58.2 Å². The molecule has 0 fully saturated rings. The van der Waals surface area contributed by atoms with Gasteiger partial charge in [-0.2, -0.15) is 0 Å². The zero-order valence-corrected chi connectivity index (χ0v) is 9.85. The molecule has 4 nitrogen and oxygen atoms in total. The number of benzene rings is 1. The normalized spacial score (nSPS) is 11.6. The van der Waals surface area contributed by atoms with Crippen LogP contribution in [-0.4, -0.2) is 28.6 Å². The Bertz CT molecular complexity index is 434. The van der Waals surface area contributed by atoms with Crippen molar-refractivity contribution in [1.29, 1.82) is 0 Å². The Morgan fingerprint density at radius 3 is 2.56 bits per heavy atom. The molecule has 1 aromatic carbocycles. The number of hydrogen-bond donors (Lipinski definition) is 2. The summed E-state index contributed by atoms with van der Waals surface area (Å²) in [5.41, 5.74) is 0.180. The molecule has 1 aromatic rings. The van der Waals surface area contributed by atoms with Gasteiger partial charge in [0.25, 0.3) is 0 Å². The van der Waals surface area contributed by atoms with Crippen molar-refractivity contribution < 1.29 is 12.8 Å². The molecule has 0 saturated heterocycles. The highest BCUT2D eigenvalue weighted by Crippen LogP contribution is 2.09. The SMILES string of the molecule is CNCCNS(=O)(=O)Cc1ccccc1F. The summed E-state index contributed by atoms with van der Waals surface area (Å²) >= 11 is 0. The summed E-state index contributed by atoms with van der Waals surface area (Å²) in [7, 11) is -1.73. The second kappa shape index (κ2) is 5.93. The summed E-state index contributed by atoms with van der Waals surface area (Å²) < 4.78 is 38.6. The van der Waals surface area contributed by atoms with Crippen LogP contribution in [0.3, 0.4) is 0 Å². The molecule has 0 saturated carbocycles. The molecule has 2 N–H and O–H groups in total. The van der Waals surface area contributed by atoms with Crippen molar-refractivity contribution in [2.24, 2.45) is 0 Å². The highest BCUT2D eigenvalue weighted by molar-refractivity contribution is 7.88. The van der Waals surface area contributed by atoms with Crippen LogP contribution in [0, 0.1) is 5.82 Å². The second-order valence-electron chi connectivity index (χ2n) is 3.35. The van der Waals surface area contributed by atoms with E-state index in [-0.39, 0.29) is 11.3 Å². The Balaban J connectivity index is 2.63. The maximum Gasteiger partial charge on any atom is 0.215 e. The maximum absolute atomic E-state index is 13.2. The van der Waals surface area contributed by atoms with E-state index >= 15 is 0 Å². The summed E-state index contributed by atoms with van der Waals surface area (Å²) in [5, 5.41) is 2.81. The zero-order valence-electron chi connectivity index (χ0n) is 9.03. The van der Waals surface area contributed by atoms with Crippen molar-refractivity contribution in [3.05, 3.63) is 35.6 Å². The van der Waals surface area contributed by atoms with Gasteiger partial charge in [0.2, 0.25) is 10.0 Å². The molecule has 0 aliphatic heterocycles. The molecule has 0 aliphatic carbocycles. The van der Waals surface area contributed by atoms with Crippen molar-refractivity contribution in [3.8, 4) is 0 Å². The molecule has 0 radical (unpaired) electrons. The van der Waals surface area contributed by atoms with Crippen molar-refractivity contribution >= 4 is 10.0 Å². The molecule has 0 unspecified atom stereocenters. The Morgan fingerprint density at radius 1 is 1.25 bits per heavy atom. The van der Waals surface area contributed by atoms with E-state index in [1.165, 1.54) is 18.2 Å². The molecule has 0 aromatic heterocycles. The Hall–Kier alpha value is -0.980. The first-order valence-electron chi connectivity index (χ1n) is 4.90. The maximum atomic E-state index is 13.2. The zero-order chi connectivity index (χ0) is 12.0. The molecule has 0 amide bonds. The monoisotopic (exact) mass is 246 g/mol. The first-order chi connectivity index (χ1) is 7.55. The molecule has 0 bridgehead atoms. The van der Waals surface area contributed by atoms with Crippen LogP contribution >= 0.6 is 0 Å². The number of halogens is 1. The van der Waals surface area contributed by atoms with E-state index in [9.17, 15) is 12.8 Å². The van der Waals surface area contributed by atoms with Gasteiger partial charge in [0.05, 0.1) is 5.75 Å².